The standard InChI is InChI=1S/C19H19FN2O4/c1-10-17(13-7-11(20)5-6-14(13)21-10)19(23)22-12-8-15(24-2)18(26-4)16(9-12)25-3/h5-9,21H,1-4H3,(H,22,23). The summed E-state index contributed by atoms with van der Waals surface area (Å²) in [6.07, 6.45) is 0. The molecule has 0 atom stereocenters. The fraction of sp³-hybridized carbons (Fsp3) is 0.211. The fourth-order valence-corrected chi connectivity index (χ4v) is 2.94. The molecule has 136 valence electrons. The Morgan fingerprint density at radius 3 is 2.27 bits per heavy atom. The molecule has 0 unspecified atom stereocenters. The number of anilines is 1. The van der Waals surface area contributed by atoms with Gasteiger partial charge in [-0.15, -0.1) is 0 Å². The number of nitrogens with one attached hydrogen (secondary N) is 2. The van der Waals surface area contributed by atoms with Crippen molar-refractivity contribution in [1.82, 2.24) is 4.98 Å². The Morgan fingerprint density at radius 2 is 1.69 bits per heavy atom. The Hall–Kier alpha value is -3.22. The van der Waals surface area contributed by atoms with Crippen LogP contribution in [0.1, 0.15) is 16.1 Å². The molecule has 26 heavy (non-hydrogen) atoms. The number of aromatic amines is 1. The molecular formula is C19H19FN2O4. The first-order valence-corrected chi connectivity index (χ1v) is 7.87. The lowest BCUT2D eigenvalue weighted by molar-refractivity contribution is 0.102. The minimum atomic E-state index is -0.404. The van der Waals surface area contributed by atoms with Crippen LogP contribution in [-0.4, -0.2) is 32.2 Å². The van der Waals surface area contributed by atoms with Crippen molar-refractivity contribution in [2.24, 2.45) is 0 Å². The summed E-state index contributed by atoms with van der Waals surface area (Å²) in [4.78, 5) is 15.9. The summed E-state index contributed by atoms with van der Waals surface area (Å²) in [6, 6.07) is 7.55. The number of carbonyl (C=O) groups is 1. The first kappa shape index (κ1) is 17.6. The van der Waals surface area contributed by atoms with Crippen molar-refractivity contribution in [2.45, 2.75) is 6.92 Å². The lowest BCUT2D eigenvalue weighted by atomic mass is 10.1. The summed E-state index contributed by atoms with van der Waals surface area (Å²) in [5.41, 5.74) is 2.19. The number of hydrogen-bond acceptors (Lipinski definition) is 4. The predicted molar refractivity (Wildman–Crippen MR) is 97.0 cm³/mol. The van der Waals surface area contributed by atoms with Gasteiger partial charge in [0.1, 0.15) is 5.82 Å². The molecule has 2 N–H and O–H groups in total. The maximum atomic E-state index is 13.6. The van der Waals surface area contributed by atoms with Crippen molar-refractivity contribution in [1.29, 1.82) is 0 Å². The molecule has 0 aliphatic heterocycles. The summed E-state index contributed by atoms with van der Waals surface area (Å²) in [5.74, 6) is 0.498. The van der Waals surface area contributed by atoms with Gasteiger partial charge < -0.3 is 24.5 Å². The molecule has 7 heteroatoms. The van der Waals surface area contributed by atoms with Crippen molar-refractivity contribution in [3.05, 3.63) is 47.4 Å². The second kappa shape index (κ2) is 6.95. The minimum Gasteiger partial charge on any atom is -0.493 e. The van der Waals surface area contributed by atoms with Crippen LogP contribution >= 0.6 is 0 Å². The molecule has 1 heterocycles. The maximum absolute atomic E-state index is 13.6. The average Bonchev–Trinajstić information content (AvgIpc) is 2.95. The molecule has 0 aliphatic rings. The smallest absolute Gasteiger partial charge is 0.258 e. The van der Waals surface area contributed by atoms with Crippen LogP contribution in [0.3, 0.4) is 0 Å². The molecule has 1 aromatic heterocycles. The first-order valence-electron chi connectivity index (χ1n) is 7.87. The number of aromatic nitrogens is 1. The number of ether oxygens (including phenoxy) is 3. The van der Waals surface area contributed by atoms with Gasteiger partial charge in [-0.25, -0.2) is 4.39 Å². The number of benzene rings is 2. The maximum Gasteiger partial charge on any atom is 0.258 e. The SMILES string of the molecule is COc1cc(NC(=O)c2c(C)[nH]c3ccc(F)cc23)cc(OC)c1OC. The van der Waals surface area contributed by atoms with Crippen molar-refractivity contribution in [3.8, 4) is 17.2 Å². The van der Waals surface area contributed by atoms with E-state index < -0.39 is 5.82 Å². The molecule has 3 aromatic rings. The highest BCUT2D eigenvalue weighted by Gasteiger charge is 2.19. The number of H-pyrrole nitrogens is 1. The van der Waals surface area contributed by atoms with Crippen LogP contribution < -0.4 is 19.5 Å². The Balaban J connectivity index is 2.01. The van der Waals surface area contributed by atoms with Gasteiger partial charge in [0.25, 0.3) is 5.91 Å². The second-order valence-corrected chi connectivity index (χ2v) is 5.68. The summed E-state index contributed by atoms with van der Waals surface area (Å²) < 4.78 is 29.5. The van der Waals surface area contributed by atoms with Gasteiger partial charge in [-0.2, -0.15) is 0 Å². The van der Waals surface area contributed by atoms with Gasteiger partial charge >= 0.3 is 0 Å². The number of fused-ring (bicyclic) bond motifs is 1. The molecule has 0 fully saturated rings. The molecule has 2 aromatic carbocycles. The largest absolute Gasteiger partial charge is 0.493 e. The molecular weight excluding hydrogens is 339 g/mol. The van der Waals surface area contributed by atoms with Crippen LogP contribution in [-0.2, 0) is 0 Å². The summed E-state index contributed by atoms with van der Waals surface area (Å²) in [7, 11) is 4.49. The Kier molecular flexibility index (Phi) is 4.71. The second-order valence-electron chi connectivity index (χ2n) is 5.68. The van der Waals surface area contributed by atoms with Crippen molar-refractivity contribution < 1.29 is 23.4 Å². The van der Waals surface area contributed by atoms with E-state index in [1.54, 1.807) is 25.1 Å². The normalized spacial score (nSPS) is 10.7. The molecule has 0 radical (unpaired) electrons. The molecule has 0 spiro atoms. The van der Waals surface area contributed by atoms with Crippen LogP contribution in [0.5, 0.6) is 17.2 Å². The topological polar surface area (TPSA) is 72.6 Å². The van der Waals surface area contributed by atoms with Gasteiger partial charge in [0.15, 0.2) is 11.5 Å². The predicted octanol–water partition coefficient (Wildman–Crippen LogP) is 3.89. The average molecular weight is 358 g/mol. The summed E-state index contributed by atoms with van der Waals surface area (Å²) in [6.45, 7) is 1.77. The Morgan fingerprint density at radius 1 is 1.04 bits per heavy atom. The third-order valence-corrected chi connectivity index (χ3v) is 4.10. The van der Waals surface area contributed by atoms with Gasteiger partial charge in [-0.05, 0) is 25.1 Å². The fourth-order valence-electron chi connectivity index (χ4n) is 2.94. The van der Waals surface area contributed by atoms with Gasteiger partial charge in [-0.3, -0.25) is 4.79 Å². The van der Waals surface area contributed by atoms with E-state index in [-0.39, 0.29) is 5.91 Å². The van der Waals surface area contributed by atoms with Crippen LogP contribution in [0.2, 0.25) is 0 Å². The van der Waals surface area contributed by atoms with Crippen molar-refractivity contribution >= 4 is 22.5 Å². The van der Waals surface area contributed by atoms with Gasteiger partial charge in [-0.1, -0.05) is 0 Å². The van der Waals surface area contributed by atoms with E-state index in [1.165, 1.54) is 33.5 Å². The lowest BCUT2D eigenvalue weighted by Gasteiger charge is -2.14. The monoisotopic (exact) mass is 358 g/mol. The highest BCUT2D eigenvalue weighted by Crippen LogP contribution is 2.40. The number of aryl methyl sites for hydroxylation is 1. The summed E-state index contributed by atoms with van der Waals surface area (Å²) >= 11 is 0. The molecule has 0 aliphatic carbocycles. The van der Waals surface area contributed by atoms with Crippen molar-refractivity contribution in [3.63, 3.8) is 0 Å². The minimum absolute atomic E-state index is 0.367. The quantitative estimate of drug-likeness (QED) is 0.726. The van der Waals surface area contributed by atoms with Crippen molar-refractivity contribution in [2.75, 3.05) is 26.6 Å². The Labute approximate surface area is 149 Å². The van der Waals surface area contributed by atoms with E-state index in [4.69, 9.17) is 14.2 Å². The zero-order valence-corrected chi connectivity index (χ0v) is 14.9. The van der Waals surface area contributed by atoms with Crippen LogP contribution in [0.4, 0.5) is 10.1 Å². The molecule has 3 rings (SSSR count). The van der Waals surface area contributed by atoms with E-state index >= 15 is 0 Å². The van der Waals surface area contributed by atoms with Crippen LogP contribution in [0.15, 0.2) is 30.3 Å². The van der Waals surface area contributed by atoms with E-state index in [0.29, 0.717) is 45.1 Å². The molecule has 6 nitrogen and oxygen atoms in total. The van der Waals surface area contributed by atoms with Gasteiger partial charge in [0.2, 0.25) is 5.75 Å². The molecule has 0 saturated heterocycles. The van der Waals surface area contributed by atoms with E-state index in [1.807, 2.05) is 0 Å². The summed E-state index contributed by atoms with van der Waals surface area (Å²) in [5, 5.41) is 3.32. The number of halogens is 1. The number of rotatable bonds is 5. The zero-order valence-electron chi connectivity index (χ0n) is 14.9. The zero-order chi connectivity index (χ0) is 18.8. The number of carbonyl (C=O) groups excluding carboxylic acids is 1. The number of amides is 1. The highest BCUT2D eigenvalue weighted by molar-refractivity contribution is 6.14. The molecule has 1 amide bonds. The van der Waals surface area contributed by atoms with Crippen LogP contribution in [0.25, 0.3) is 10.9 Å². The number of hydrogen-bond donors (Lipinski definition) is 2. The van der Waals surface area contributed by atoms with E-state index in [9.17, 15) is 9.18 Å². The highest BCUT2D eigenvalue weighted by atomic mass is 19.1. The third kappa shape index (κ3) is 3.03. The van der Waals surface area contributed by atoms with Gasteiger partial charge in [0, 0.05) is 34.4 Å². The Bertz CT molecular complexity index is 956. The number of methoxy groups -OCH3 is 3. The molecule has 0 bridgehead atoms. The van der Waals surface area contributed by atoms with Gasteiger partial charge in [0.05, 0.1) is 26.9 Å². The van der Waals surface area contributed by atoms with E-state index in [2.05, 4.69) is 10.3 Å². The third-order valence-electron chi connectivity index (χ3n) is 4.10. The first-order chi connectivity index (χ1) is 12.5. The lowest BCUT2D eigenvalue weighted by Crippen LogP contribution is -2.13. The molecule has 0 saturated carbocycles. The van der Waals surface area contributed by atoms with Crippen LogP contribution in [0, 0.1) is 12.7 Å². The van der Waals surface area contributed by atoms with E-state index in [0.717, 1.165) is 0 Å².